The van der Waals surface area contributed by atoms with Crippen molar-refractivity contribution in [3.63, 3.8) is 0 Å². The Bertz CT molecular complexity index is 789. The lowest BCUT2D eigenvalue weighted by Crippen LogP contribution is -2.39. The standard InChI is InChI=1S/C18H18N2O3S/c1-19-11-18(23-17(19)22)7-8-20(12-18)16(21)14-5-2-4-13(10-14)15-6-3-9-24-15/h2-6,9-10H,7-8,11-12H2,1H3/t18-/m0/s1. The van der Waals surface area contributed by atoms with E-state index < -0.39 is 5.60 Å². The average molecular weight is 342 g/mol. The van der Waals surface area contributed by atoms with Crippen LogP contribution in [0.3, 0.4) is 0 Å². The highest BCUT2D eigenvalue weighted by Crippen LogP contribution is 2.33. The number of likely N-dealkylation sites (N-methyl/N-ethyl adjacent to an activating group) is 1. The van der Waals surface area contributed by atoms with Gasteiger partial charge in [0.2, 0.25) is 0 Å². The minimum atomic E-state index is -0.535. The van der Waals surface area contributed by atoms with E-state index in [4.69, 9.17) is 4.74 Å². The molecule has 0 saturated carbocycles. The van der Waals surface area contributed by atoms with Crippen molar-refractivity contribution in [3.8, 4) is 10.4 Å². The average Bonchev–Trinajstić information content (AvgIpc) is 3.29. The first-order valence-corrected chi connectivity index (χ1v) is 8.82. The molecule has 1 aromatic heterocycles. The first-order valence-electron chi connectivity index (χ1n) is 7.94. The maximum atomic E-state index is 12.8. The predicted octanol–water partition coefficient (Wildman–Crippen LogP) is 3.08. The smallest absolute Gasteiger partial charge is 0.410 e. The molecule has 2 fully saturated rings. The molecule has 6 heteroatoms. The number of hydrogen-bond donors (Lipinski definition) is 0. The van der Waals surface area contributed by atoms with E-state index in [2.05, 4.69) is 0 Å². The van der Waals surface area contributed by atoms with E-state index in [0.717, 1.165) is 10.4 Å². The van der Waals surface area contributed by atoms with Crippen LogP contribution in [0.1, 0.15) is 16.8 Å². The number of nitrogens with zero attached hydrogens (tertiary/aromatic N) is 2. The molecule has 2 aliphatic heterocycles. The molecule has 2 amide bonds. The Hall–Kier alpha value is -2.34. The van der Waals surface area contributed by atoms with Gasteiger partial charge in [0.05, 0.1) is 13.1 Å². The number of carbonyl (C=O) groups is 2. The molecule has 124 valence electrons. The van der Waals surface area contributed by atoms with Crippen LogP contribution in [0.2, 0.25) is 0 Å². The summed E-state index contributed by atoms with van der Waals surface area (Å²) in [5.74, 6) is -0.00381. The SMILES string of the molecule is CN1C[C@]2(CCN(C(=O)c3cccc(-c4cccs4)c3)C2)OC1=O. The third kappa shape index (κ3) is 2.57. The Balaban J connectivity index is 1.53. The van der Waals surface area contributed by atoms with Gasteiger partial charge in [0.1, 0.15) is 0 Å². The van der Waals surface area contributed by atoms with Crippen LogP contribution in [0.25, 0.3) is 10.4 Å². The number of thiophene rings is 1. The summed E-state index contributed by atoms with van der Waals surface area (Å²) >= 11 is 1.66. The third-order valence-corrected chi connectivity index (χ3v) is 5.58. The molecule has 1 atom stereocenters. The molecule has 2 aromatic rings. The summed E-state index contributed by atoms with van der Waals surface area (Å²) in [6, 6.07) is 11.8. The number of ether oxygens (including phenoxy) is 1. The minimum Gasteiger partial charge on any atom is -0.439 e. The van der Waals surface area contributed by atoms with Crippen molar-refractivity contribution >= 4 is 23.3 Å². The van der Waals surface area contributed by atoms with E-state index in [0.29, 0.717) is 31.6 Å². The lowest BCUT2D eigenvalue weighted by Gasteiger charge is -2.22. The van der Waals surface area contributed by atoms with Crippen molar-refractivity contribution < 1.29 is 14.3 Å². The Labute approximate surface area is 144 Å². The van der Waals surface area contributed by atoms with Gasteiger partial charge in [0.15, 0.2) is 5.60 Å². The fourth-order valence-corrected chi connectivity index (χ4v) is 4.18. The van der Waals surface area contributed by atoms with E-state index in [1.165, 1.54) is 0 Å². The quantitative estimate of drug-likeness (QED) is 0.843. The largest absolute Gasteiger partial charge is 0.439 e. The van der Waals surface area contributed by atoms with Crippen molar-refractivity contribution in [2.75, 3.05) is 26.7 Å². The van der Waals surface area contributed by atoms with E-state index in [9.17, 15) is 9.59 Å². The molecule has 24 heavy (non-hydrogen) atoms. The summed E-state index contributed by atoms with van der Waals surface area (Å²) < 4.78 is 5.52. The van der Waals surface area contributed by atoms with Gasteiger partial charge in [-0.15, -0.1) is 11.3 Å². The molecule has 0 N–H and O–H groups in total. The number of benzene rings is 1. The molecule has 1 aromatic carbocycles. The molecule has 4 rings (SSSR count). The summed E-state index contributed by atoms with van der Waals surface area (Å²) in [7, 11) is 1.73. The monoisotopic (exact) mass is 342 g/mol. The molecule has 0 bridgehead atoms. The van der Waals surface area contributed by atoms with Crippen molar-refractivity contribution in [1.29, 1.82) is 0 Å². The van der Waals surface area contributed by atoms with Gasteiger partial charge in [-0.05, 0) is 29.1 Å². The first-order chi connectivity index (χ1) is 11.6. The number of likely N-dealkylation sites (tertiary alicyclic amines) is 1. The van der Waals surface area contributed by atoms with E-state index in [-0.39, 0.29) is 12.0 Å². The Morgan fingerprint density at radius 2 is 2.12 bits per heavy atom. The lowest BCUT2D eigenvalue weighted by molar-refractivity contribution is 0.0553. The van der Waals surface area contributed by atoms with E-state index in [1.54, 1.807) is 28.2 Å². The van der Waals surface area contributed by atoms with Gasteiger partial charge in [0, 0.05) is 30.5 Å². The van der Waals surface area contributed by atoms with Crippen molar-refractivity contribution in [2.45, 2.75) is 12.0 Å². The molecular weight excluding hydrogens is 324 g/mol. The number of carbonyl (C=O) groups excluding carboxylic acids is 2. The van der Waals surface area contributed by atoms with Gasteiger partial charge in [-0.1, -0.05) is 18.2 Å². The van der Waals surface area contributed by atoms with E-state index in [1.807, 2.05) is 41.8 Å². The highest BCUT2D eigenvalue weighted by atomic mass is 32.1. The summed E-state index contributed by atoms with van der Waals surface area (Å²) in [6.45, 7) is 1.62. The van der Waals surface area contributed by atoms with Crippen molar-refractivity contribution in [2.24, 2.45) is 0 Å². The van der Waals surface area contributed by atoms with Gasteiger partial charge in [-0.2, -0.15) is 0 Å². The first kappa shape index (κ1) is 15.2. The summed E-state index contributed by atoms with van der Waals surface area (Å²) in [5, 5.41) is 2.03. The third-order valence-electron chi connectivity index (χ3n) is 4.66. The molecule has 3 heterocycles. The topological polar surface area (TPSA) is 49.9 Å². The Morgan fingerprint density at radius 3 is 2.83 bits per heavy atom. The van der Waals surface area contributed by atoms with Crippen LogP contribution < -0.4 is 0 Å². The zero-order valence-electron chi connectivity index (χ0n) is 13.4. The van der Waals surface area contributed by atoms with Crippen LogP contribution >= 0.6 is 11.3 Å². The van der Waals surface area contributed by atoms with Crippen LogP contribution in [-0.2, 0) is 4.74 Å². The van der Waals surface area contributed by atoms with Gasteiger partial charge >= 0.3 is 6.09 Å². The van der Waals surface area contributed by atoms with Gasteiger partial charge in [0.25, 0.3) is 5.91 Å². The molecule has 5 nitrogen and oxygen atoms in total. The zero-order chi connectivity index (χ0) is 16.7. The highest BCUT2D eigenvalue weighted by Gasteiger charge is 2.49. The fraction of sp³-hybridized carbons (Fsp3) is 0.333. The highest BCUT2D eigenvalue weighted by molar-refractivity contribution is 7.13. The van der Waals surface area contributed by atoms with Gasteiger partial charge < -0.3 is 14.5 Å². The second-order valence-corrected chi connectivity index (χ2v) is 7.39. The van der Waals surface area contributed by atoms with Crippen LogP contribution in [0.15, 0.2) is 41.8 Å². The molecule has 1 spiro atoms. The summed E-state index contributed by atoms with van der Waals surface area (Å²) in [4.78, 5) is 29.0. The van der Waals surface area contributed by atoms with Crippen LogP contribution in [0, 0.1) is 0 Å². The second kappa shape index (κ2) is 5.63. The Morgan fingerprint density at radius 1 is 1.25 bits per heavy atom. The zero-order valence-corrected chi connectivity index (χ0v) is 14.2. The maximum absolute atomic E-state index is 12.8. The van der Waals surface area contributed by atoms with E-state index >= 15 is 0 Å². The maximum Gasteiger partial charge on any atom is 0.410 e. The lowest BCUT2D eigenvalue weighted by atomic mass is 10.0. The normalized spacial score (nSPS) is 23.1. The molecule has 0 aliphatic carbocycles. The van der Waals surface area contributed by atoms with Crippen LogP contribution in [0.4, 0.5) is 4.79 Å². The van der Waals surface area contributed by atoms with Crippen LogP contribution in [-0.4, -0.2) is 54.1 Å². The number of amides is 2. The molecule has 0 unspecified atom stereocenters. The molecular formula is C18H18N2O3S. The fourth-order valence-electron chi connectivity index (χ4n) is 3.45. The summed E-state index contributed by atoms with van der Waals surface area (Å²) in [6.07, 6.45) is 0.392. The number of hydrogen-bond acceptors (Lipinski definition) is 4. The Kier molecular flexibility index (Phi) is 3.57. The molecule has 0 radical (unpaired) electrons. The number of rotatable bonds is 2. The van der Waals surface area contributed by atoms with Gasteiger partial charge in [-0.3, -0.25) is 4.79 Å². The molecule has 2 aliphatic rings. The molecule has 2 saturated heterocycles. The van der Waals surface area contributed by atoms with Crippen molar-refractivity contribution in [3.05, 3.63) is 47.3 Å². The van der Waals surface area contributed by atoms with Crippen molar-refractivity contribution in [1.82, 2.24) is 9.80 Å². The van der Waals surface area contributed by atoms with Crippen LogP contribution in [0.5, 0.6) is 0 Å². The summed E-state index contributed by atoms with van der Waals surface area (Å²) in [5.41, 5.74) is 1.19. The van der Waals surface area contributed by atoms with Gasteiger partial charge in [-0.25, -0.2) is 4.79 Å². The predicted molar refractivity (Wildman–Crippen MR) is 92.1 cm³/mol. The minimum absolute atomic E-state index is 0.00381. The second-order valence-electron chi connectivity index (χ2n) is 6.44.